The lowest BCUT2D eigenvalue weighted by Gasteiger charge is -1.99. The van der Waals surface area contributed by atoms with Crippen LogP contribution in [0.5, 0.6) is 0 Å². The predicted molar refractivity (Wildman–Crippen MR) is 76.8 cm³/mol. The third-order valence-corrected chi connectivity index (χ3v) is 2.98. The number of amides is 1. The van der Waals surface area contributed by atoms with Crippen molar-refractivity contribution in [2.45, 2.75) is 19.3 Å². The first-order valence-corrected chi connectivity index (χ1v) is 6.38. The normalized spacial score (nSPS) is 11.0. The summed E-state index contributed by atoms with van der Waals surface area (Å²) in [6, 6.07) is 14.6. The van der Waals surface area contributed by atoms with Gasteiger partial charge in [-0.2, -0.15) is 0 Å². The first kappa shape index (κ1) is 13.3. The zero-order valence-electron chi connectivity index (χ0n) is 10.7. The number of rotatable bonds is 5. The van der Waals surface area contributed by atoms with Gasteiger partial charge in [0.25, 0.3) is 0 Å². The van der Waals surface area contributed by atoms with Crippen molar-refractivity contribution in [1.82, 2.24) is 5.48 Å². The molecule has 3 heteroatoms. The predicted octanol–water partition coefficient (Wildman–Crippen LogP) is 3.53. The van der Waals surface area contributed by atoms with Gasteiger partial charge < -0.3 is 0 Å². The van der Waals surface area contributed by atoms with Gasteiger partial charge in [-0.15, -0.1) is 0 Å². The number of unbranched alkanes of at least 4 members (excludes halogenated alkanes) is 1. The Morgan fingerprint density at radius 1 is 1.16 bits per heavy atom. The number of carbonyl (C=O) groups excluding carboxylic acids is 1. The standard InChI is InChI=1S/C16H17NO2/c18-16(17-19)9-3-1-2-6-13-10-11-14-7-4-5-8-15(14)12-13/h2,4-8,10-12,19H,1,3,9H2,(H,17,18). The molecule has 0 spiro atoms. The topological polar surface area (TPSA) is 49.3 Å². The summed E-state index contributed by atoms with van der Waals surface area (Å²) >= 11 is 0. The van der Waals surface area contributed by atoms with Gasteiger partial charge >= 0.3 is 0 Å². The second-order valence-electron chi connectivity index (χ2n) is 4.44. The lowest BCUT2D eigenvalue weighted by molar-refractivity contribution is -0.129. The molecule has 0 atom stereocenters. The average molecular weight is 255 g/mol. The van der Waals surface area contributed by atoms with Gasteiger partial charge in [0, 0.05) is 6.42 Å². The van der Waals surface area contributed by atoms with Gasteiger partial charge in [0.05, 0.1) is 0 Å². The fourth-order valence-electron chi connectivity index (χ4n) is 1.97. The van der Waals surface area contributed by atoms with Crippen LogP contribution < -0.4 is 5.48 Å². The molecule has 98 valence electrons. The summed E-state index contributed by atoms with van der Waals surface area (Å²) < 4.78 is 0. The van der Waals surface area contributed by atoms with Crippen LogP contribution in [0.25, 0.3) is 16.8 Å². The molecule has 2 aromatic carbocycles. The number of nitrogens with one attached hydrogen (secondary N) is 1. The minimum Gasteiger partial charge on any atom is -0.289 e. The summed E-state index contributed by atoms with van der Waals surface area (Å²) in [6.45, 7) is 0. The zero-order valence-corrected chi connectivity index (χ0v) is 10.7. The molecule has 0 bridgehead atoms. The zero-order chi connectivity index (χ0) is 13.5. The SMILES string of the molecule is O=C(CCCC=Cc1ccc2ccccc2c1)NO. The Morgan fingerprint density at radius 2 is 1.95 bits per heavy atom. The fraction of sp³-hybridized carbons (Fsp3) is 0.188. The van der Waals surface area contributed by atoms with Crippen molar-refractivity contribution in [2.24, 2.45) is 0 Å². The van der Waals surface area contributed by atoms with Crippen molar-refractivity contribution in [3.63, 3.8) is 0 Å². The van der Waals surface area contributed by atoms with Crippen LogP contribution >= 0.6 is 0 Å². The molecule has 19 heavy (non-hydrogen) atoms. The Bertz CT molecular complexity index is 590. The third kappa shape index (κ3) is 3.93. The molecular weight excluding hydrogens is 238 g/mol. The number of allylic oxidation sites excluding steroid dienone is 1. The quantitative estimate of drug-likeness (QED) is 0.488. The molecule has 0 fully saturated rings. The van der Waals surface area contributed by atoms with Crippen molar-refractivity contribution in [2.75, 3.05) is 0 Å². The van der Waals surface area contributed by atoms with E-state index in [0.717, 1.165) is 18.4 Å². The summed E-state index contributed by atoms with van der Waals surface area (Å²) in [5, 5.41) is 10.8. The largest absolute Gasteiger partial charge is 0.289 e. The first-order valence-electron chi connectivity index (χ1n) is 6.38. The van der Waals surface area contributed by atoms with Crippen molar-refractivity contribution in [3.8, 4) is 0 Å². The van der Waals surface area contributed by atoms with E-state index in [1.165, 1.54) is 10.8 Å². The van der Waals surface area contributed by atoms with E-state index in [1.807, 2.05) is 12.1 Å². The number of hydrogen-bond acceptors (Lipinski definition) is 2. The van der Waals surface area contributed by atoms with Gasteiger partial charge in [-0.1, -0.05) is 48.6 Å². The fourth-order valence-corrected chi connectivity index (χ4v) is 1.97. The van der Waals surface area contributed by atoms with Crippen LogP contribution in [0, 0.1) is 0 Å². The van der Waals surface area contributed by atoms with E-state index < -0.39 is 0 Å². The summed E-state index contributed by atoms with van der Waals surface area (Å²) in [7, 11) is 0. The number of fused-ring (bicyclic) bond motifs is 1. The molecule has 0 aliphatic carbocycles. The molecule has 0 unspecified atom stereocenters. The van der Waals surface area contributed by atoms with Crippen LogP contribution in [-0.2, 0) is 4.79 Å². The van der Waals surface area contributed by atoms with E-state index >= 15 is 0 Å². The monoisotopic (exact) mass is 255 g/mol. The molecule has 0 saturated heterocycles. The molecule has 0 heterocycles. The lowest BCUT2D eigenvalue weighted by atomic mass is 10.1. The van der Waals surface area contributed by atoms with Crippen LogP contribution in [0.1, 0.15) is 24.8 Å². The molecule has 3 nitrogen and oxygen atoms in total. The molecule has 2 N–H and O–H groups in total. The van der Waals surface area contributed by atoms with Gasteiger partial charge in [0.1, 0.15) is 0 Å². The van der Waals surface area contributed by atoms with Crippen molar-refractivity contribution < 1.29 is 10.0 Å². The average Bonchev–Trinajstić information content (AvgIpc) is 2.46. The van der Waals surface area contributed by atoms with Crippen LogP contribution in [0.15, 0.2) is 48.5 Å². The van der Waals surface area contributed by atoms with E-state index in [0.29, 0.717) is 6.42 Å². The summed E-state index contributed by atoms with van der Waals surface area (Å²) in [5.41, 5.74) is 2.79. The molecule has 0 aliphatic heterocycles. The maximum atomic E-state index is 10.8. The number of carbonyl (C=O) groups is 1. The Kier molecular flexibility index (Phi) is 4.70. The van der Waals surface area contributed by atoms with E-state index in [4.69, 9.17) is 5.21 Å². The molecule has 1 amide bonds. The van der Waals surface area contributed by atoms with Crippen molar-refractivity contribution in [3.05, 3.63) is 54.1 Å². The van der Waals surface area contributed by atoms with Crippen molar-refractivity contribution in [1.29, 1.82) is 0 Å². The van der Waals surface area contributed by atoms with E-state index in [2.05, 4.69) is 42.5 Å². The van der Waals surface area contributed by atoms with Crippen LogP contribution in [0.3, 0.4) is 0 Å². The molecule has 2 rings (SSSR count). The maximum Gasteiger partial charge on any atom is 0.243 e. The highest BCUT2D eigenvalue weighted by Crippen LogP contribution is 2.16. The van der Waals surface area contributed by atoms with Crippen LogP contribution in [-0.4, -0.2) is 11.1 Å². The van der Waals surface area contributed by atoms with Gasteiger partial charge in [-0.25, -0.2) is 5.48 Å². The molecule has 0 aliphatic rings. The third-order valence-electron chi connectivity index (χ3n) is 2.98. The summed E-state index contributed by atoms with van der Waals surface area (Å²) in [6.07, 6.45) is 6.01. The highest BCUT2D eigenvalue weighted by molar-refractivity contribution is 5.84. The van der Waals surface area contributed by atoms with Gasteiger partial charge in [-0.05, 0) is 35.2 Å². The number of hydrogen-bond donors (Lipinski definition) is 2. The Labute approximate surface area is 112 Å². The van der Waals surface area contributed by atoms with Crippen molar-refractivity contribution >= 4 is 22.8 Å². The smallest absolute Gasteiger partial charge is 0.243 e. The number of benzene rings is 2. The minimum atomic E-state index is -0.334. The molecular formula is C16H17NO2. The Balaban J connectivity index is 1.92. The van der Waals surface area contributed by atoms with Gasteiger partial charge in [-0.3, -0.25) is 10.0 Å². The Morgan fingerprint density at radius 3 is 2.74 bits per heavy atom. The second kappa shape index (κ2) is 6.71. The molecule has 0 saturated carbocycles. The molecule has 0 aromatic heterocycles. The van der Waals surface area contributed by atoms with E-state index in [1.54, 1.807) is 5.48 Å². The summed E-state index contributed by atoms with van der Waals surface area (Å²) in [5.74, 6) is -0.334. The minimum absolute atomic E-state index is 0.334. The van der Waals surface area contributed by atoms with Crippen LogP contribution in [0.2, 0.25) is 0 Å². The molecule has 0 radical (unpaired) electrons. The summed E-state index contributed by atoms with van der Waals surface area (Å²) in [4.78, 5) is 10.8. The number of hydroxylamine groups is 1. The maximum absolute atomic E-state index is 10.8. The van der Waals surface area contributed by atoms with Gasteiger partial charge in [0.2, 0.25) is 5.91 Å². The first-order chi connectivity index (χ1) is 9.29. The molecule has 2 aromatic rings. The second-order valence-corrected chi connectivity index (χ2v) is 4.44. The lowest BCUT2D eigenvalue weighted by Crippen LogP contribution is -2.17. The highest BCUT2D eigenvalue weighted by Gasteiger charge is 1.96. The highest BCUT2D eigenvalue weighted by atomic mass is 16.5. The Hall–Kier alpha value is -2.13. The van der Waals surface area contributed by atoms with Crippen LogP contribution in [0.4, 0.5) is 0 Å². The van der Waals surface area contributed by atoms with E-state index in [9.17, 15) is 4.79 Å². The van der Waals surface area contributed by atoms with E-state index in [-0.39, 0.29) is 5.91 Å². The van der Waals surface area contributed by atoms with Gasteiger partial charge in [0.15, 0.2) is 0 Å².